The van der Waals surface area contributed by atoms with Crippen LogP contribution in [-0.4, -0.2) is 29.9 Å². The second kappa shape index (κ2) is 8.16. The van der Waals surface area contributed by atoms with E-state index in [1.807, 2.05) is 24.3 Å². The maximum absolute atomic E-state index is 13.0. The number of hydrogen-bond acceptors (Lipinski definition) is 2. The fourth-order valence-corrected chi connectivity index (χ4v) is 4.00. The zero-order chi connectivity index (χ0) is 16.1. The minimum Gasteiger partial charge on any atom is -0.352 e. The Bertz CT molecular complexity index is 505. The molecule has 23 heavy (non-hydrogen) atoms. The van der Waals surface area contributed by atoms with Gasteiger partial charge in [0.25, 0.3) is 0 Å². The molecular weight excluding hydrogens is 308 g/mol. The van der Waals surface area contributed by atoms with E-state index in [-0.39, 0.29) is 11.9 Å². The molecule has 0 radical (unpaired) electrons. The number of likely N-dealkylation sites (tertiary alicyclic amines) is 1. The van der Waals surface area contributed by atoms with Crippen molar-refractivity contribution in [3.8, 4) is 0 Å². The molecule has 3 rings (SSSR count). The zero-order valence-corrected chi connectivity index (χ0v) is 14.5. The van der Waals surface area contributed by atoms with E-state index in [4.69, 9.17) is 11.6 Å². The molecule has 2 fully saturated rings. The van der Waals surface area contributed by atoms with Crippen molar-refractivity contribution in [3.63, 3.8) is 0 Å². The van der Waals surface area contributed by atoms with Crippen LogP contribution >= 0.6 is 11.6 Å². The number of nitrogens with one attached hydrogen (secondary N) is 1. The molecule has 1 aromatic carbocycles. The Morgan fingerprint density at radius 1 is 1.00 bits per heavy atom. The Morgan fingerprint density at radius 3 is 2.26 bits per heavy atom. The van der Waals surface area contributed by atoms with Crippen LogP contribution in [0.15, 0.2) is 24.3 Å². The smallest absolute Gasteiger partial charge is 0.242 e. The number of carbonyl (C=O) groups excluding carboxylic acids is 1. The molecule has 1 N–H and O–H groups in total. The number of carbonyl (C=O) groups is 1. The second-order valence-electron chi connectivity index (χ2n) is 6.89. The lowest BCUT2D eigenvalue weighted by Gasteiger charge is -2.35. The monoisotopic (exact) mass is 334 g/mol. The number of amides is 1. The molecule has 1 amide bonds. The van der Waals surface area contributed by atoms with Crippen LogP contribution in [0.1, 0.15) is 63.0 Å². The normalized spacial score (nSPS) is 21.8. The third-order valence-corrected chi connectivity index (χ3v) is 5.39. The predicted octanol–water partition coefficient (Wildman–Crippen LogP) is 4.32. The van der Waals surface area contributed by atoms with E-state index in [1.54, 1.807) is 0 Å². The number of piperidine rings is 1. The Labute approximate surface area is 144 Å². The lowest BCUT2D eigenvalue weighted by molar-refractivity contribution is -0.128. The van der Waals surface area contributed by atoms with Crippen molar-refractivity contribution in [2.45, 2.75) is 63.5 Å². The largest absolute Gasteiger partial charge is 0.352 e. The summed E-state index contributed by atoms with van der Waals surface area (Å²) >= 11 is 6.02. The molecule has 1 aliphatic carbocycles. The number of halogens is 1. The van der Waals surface area contributed by atoms with E-state index in [0.29, 0.717) is 6.04 Å². The number of nitrogens with zero attached hydrogens (tertiary/aromatic N) is 1. The molecule has 0 spiro atoms. The molecule has 126 valence electrons. The van der Waals surface area contributed by atoms with E-state index >= 15 is 0 Å². The molecule has 1 saturated heterocycles. The Kier molecular flexibility index (Phi) is 5.96. The third-order valence-electron chi connectivity index (χ3n) is 5.14. The first-order chi connectivity index (χ1) is 11.2. The standard InChI is InChI=1S/C19H27ClN2O/c20-16-11-9-15(10-12-16)18(22-13-5-2-6-14-22)19(23)21-17-7-3-1-4-8-17/h9-12,17-18H,1-8,13-14H2,(H,21,23)/t18-/m0/s1. The molecule has 0 aromatic heterocycles. The number of hydrogen-bond donors (Lipinski definition) is 1. The summed E-state index contributed by atoms with van der Waals surface area (Å²) in [5, 5.41) is 4.04. The Morgan fingerprint density at radius 2 is 1.61 bits per heavy atom. The molecule has 3 nitrogen and oxygen atoms in total. The van der Waals surface area contributed by atoms with Crippen molar-refractivity contribution < 1.29 is 4.79 Å². The van der Waals surface area contributed by atoms with Gasteiger partial charge in [-0.15, -0.1) is 0 Å². The van der Waals surface area contributed by atoms with Gasteiger partial charge in [-0.2, -0.15) is 0 Å². The molecule has 2 aliphatic rings. The van der Waals surface area contributed by atoms with Crippen LogP contribution in [0.3, 0.4) is 0 Å². The topological polar surface area (TPSA) is 32.3 Å². The van der Waals surface area contributed by atoms with E-state index in [1.165, 1.54) is 38.5 Å². The fourth-order valence-electron chi connectivity index (χ4n) is 3.88. The van der Waals surface area contributed by atoms with Crippen molar-refractivity contribution >= 4 is 17.5 Å². The summed E-state index contributed by atoms with van der Waals surface area (Å²) in [6, 6.07) is 7.97. The van der Waals surface area contributed by atoms with Gasteiger partial charge in [-0.25, -0.2) is 0 Å². The molecule has 0 unspecified atom stereocenters. The lowest BCUT2D eigenvalue weighted by Crippen LogP contribution is -2.46. The van der Waals surface area contributed by atoms with Crippen LogP contribution < -0.4 is 5.32 Å². The summed E-state index contributed by atoms with van der Waals surface area (Å²) in [5.74, 6) is 0.168. The van der Waals surface area contributed by atoms with E-state index < -0.39 is 0 Å². The van der Waals surface area contributed by atoms with Gasteiger partial charge in [0, 0.05) is 11.1 Å². The van der Waals surface area contributed by atoms with Crippen molar-refractivity contribution in [1.29, 1.82) is 0 Å². The SMILES string of the molecule is O=C(NC1CCCCC1)[C@H](c1ccc(Cl)cc1)N1CCCCC1. The van der Waals surface area contributed by atoms with Gasteiger partial charge in [0.2, 0.25) is 5.91 Å². The average Bonchev–Trinajstić information content (AvgIpc) is 2.59. The average molecular weight is 335 g/mol. The van der Waals surface area contributed by atoms with Gasteiger partial charge >= 0.3 is 0 Å². The first-order valence-corrected chi connectivity index (χ1v) is 9.42. The molecule has 1 heterocycles. The van der Waals surface area contributed by atoms with Crippen LogP contribution in [-0.2, 0) is 4.79 Å². The van der Waals surface area contributed by atoms with Gasteiger partial charge in [0.05, 0.1) is 0 Å². The first kappa shape index (κ1) is 16.8. The Hall–Kier alpha value is -1.06. The van der Waals surface area contributed by atoms with Crippen molar-refractivity contribution in [3.05, 3.63) is 34.9 Å². The third kappa shape index (κ3) is 4.48. The summed E-state index contributed by atoms with van der Waals surface area (Å²) in [6.07, 6.45) is 9.66. The molecule has 1 aliphatic heterocycles. The number of benzene rings is 1. The second-order valence-corrected chi connectivity index (χ2v) is 7.33. The number of rotatable bonds is 4. The molecule has 1 saturated carbocycles. The van der Waals surface area contributed by atoms with Crippen LogP contribution in [0.25, 0.3) is 0 Å². The zero-order valence-electron chi connectivity index (χ0n) is 13.8. The van der Waals surface area contributed by atoms with Gasteiger partial charge in [-0.3, -0.25) is 9.69 Å². The maximum atomic E-state index is 13.0. The first-order valence-electron chi connectivity index (χ1n) is 9.04. The van der Waals surface area contributed by atoms with Gasteiger partial charge in [0.1, 0.15) is 6.04 Å². The summed E-state index contributed by atoms with van der Waals surface area (Å²) in [7, 11) is 0. The van der Waals surface area contributed by atoms with Gasteiger partial charge in [0.15, 0.2) is 0 Å². The molecule has 4 heteroatoms. The molecule has 1 atom stereocenters. The minimum atomic E-state index is -0.172. The summed E-state index contributed by atoms with van der Waals surface area (Å²) in [5.41, 5.74) is 1.06. The maximum Gasteiger partial charge on any atom is 0.242 e. The van der Waals surface area contributed by atoms with Crippen LogP contribution in [0.4, 0.5) is 0 Å². The highest BCUT2D eigenvalue weighted by molar-refractivity contribution is 6.30. The van der Waals surface area contributed by atoms with Crippen LogP contribution in [0.2, 0.25) is 5.02 Å². The molecular formula is C19H27ClN2O. The van der Waals surface area contributed by atoms with E-state index in [0.717, 1.165) is 36.5 Å². The highest BCUT2D eigenvalue weighted by Gasteiger charge is 2.30. The van der Waals surface area contributed by atoms with Crippen molar-refractivity contribution in [2.75, 3.05) is 13.1 Å². The van der Waals surface area contributed by atoms with Crippen molar-refractivity contribution in [2.24, 2.45) is 0 Å². The van der Waals surface area contributed by atoms with Crippen LogP contribution in [0.5, 0.6) is 0 Å². The molecule has 1 aromatic rings. The fraction of sp³-hybridized carbons (Fsp3) is 0.632. The van der Waals surface area contributed by atoms with E-state index in [2.05, 4.69) is 10.2 Å². The van der Waals surface area contributed by atoms with Gasteiger partial charge < -0.3 is 5.32 Å². The van der Waals surface area contributed by atoms with Gasteiger partial charge in [-0.1, -0.05) is 49.4 Å². The summed E-state index contributed by atoms with van der Waals surface area (Å²) < 4.78 is 0. The lowest BCUT2D eigenvalue weighted by atomic mass is 9.94. The van der Waals surface area contributed by atoms with E-state index in [9.17, 15) is 4.79 Å². The van der Waals surface area contributed by atoms with Crippen LogP contribution in [0, 0.1) is 0 Å². The van der Waals surface area contributed by atoms with Crippen molar-refractivity contribution in [1.82, 2.24) is 10.2 Å². The van der Waals surface area contributed by atoms with Gasteiger partial charge in [-0.05, 0) is 56.5 Å². The quantitative estimate of drug-likeness (QED) is 0.889. The Balaban J connectivity index is 1.75. The summed E-state index contributed by atoms with van der Waals surface area (Å²) in [4.78, 5) is 15.3. The summed E-state index contributed by atoms with van der Waals surface area (Å²) in [6.45, 7) is 2.01. The predicted molar refractivity (Wildman–Crippen MR) is 94.6 cm³/mol. The highest BCUT2D eigenvalue weighted by atomic mass is 35.5. The molecule has 0 bridgehead atoms. The highest BCUT2D eigenvalue weighted by Crippen LogP contribution is 2.27. The minimum absolute atomic E-state index is 0.168.